The van der Waals surface area contributed by atoms with Gasteiger partial charge in [-0.1, -0.05) is 21.6 Å². The molecule has 0 aromatic rings. The van der Waals surface area contributed by atoms with Gasteiger partial charge < -0.3 is 11.5 Å². The van der Waals surface area contributed by atoms with Crippen molar-refractivity contribution in [1.82, 2.24) is 0 Å². The van der Waals surface area contributed by atoms with Gasteiger partial charge in [-0.25, -0.2) is 0 Å². The van der Waals surface area contributed by atoms with Crippen LogP contribution in [0.4, 0.5) is 0 Å². The van der Waals surface area contributed by atoms with Crippen molar-refractivity contribution in [2.45, 2.75) is 0 Å². The lowest BCUT2D eigenvalue weighted by atomic mass is 10.8. The van der Waals surface area contributed by atoms with E-state index in [0.29, 0.717) is 0 Å². The maximum Gasteiger partial charge on any atom is 0.0434 e. The van der Waals surface area contributed by atoms with Crippen molar-refractivity contribution in [2.75, 3.05) is 24.5 Å². The molecular weight excluding hydrogens is 140 g/mol. The summed E-state index contributed by atoms with van der Waals surface area (Å²) in [6, 6.07) is 0. The highest BCUT2D eigenvalue weighted by Gasteiger charge is 1.84. The summed E-state index contributed by atoms with van der Waals surface area (Å²) in [4.78, 5) is 0. The zero-order valence-corrected chi connectivity index (χ0v) is 6.02. The minimum atomic E-state index is -1.70. The smallest absolute Gasteiger partial charge is 0.0434 e. The number of hydrogen-bond donors (Lipinski definition) is 2. The van der Waals surface area contributed by atoms with Crippen LogP contribution in [0.15, 0.2) is 0 Å². The molecule has 4 heteroatoms. The largest absolute Gasteiger partial charge is 0.330 e. The first-order valence-corrected chi connectivity index (χ1v) is 4.52. The number of hydrogen-bond acceptors (Lipinski definition) is 4. The van der Waals surface area contributed by atoms with Crippen molar-refractivity contribution < 1.29 is 5.48 Å². The van der Waals surface area contributed by atoms with Crippen molar-refractivity contribution in [2.24, 2.45) is 11.5 Å². The summed E-state index contributed by atoms with van der Waals surface area (Å²) in [6.07, 6.45) is 0. The van der Waals surface area contributed by atoms with Gasteiger partial charge in [0.1, 0.15) is 0 Å². The summed E-state index contributed by atoms with van der Waals surface area (Å²) in [5, 5.41) is 0. The van der Waals surface area contributed by atoms with Crippen LogP contribution in [0, 0.1) is 0 Å². The normalized spacial score (nSPS) is 20.8. The summed E-state index contributed by atoms with van der Waals surface area (Å²) in [5.41, 5.74) is 10.1. The molecule has 0 rings (SSSR count). The van der Waals surface area contributed by atoms with Gasteiger partial charge in [-0.05, 0) is 0 Å². The second-order valence-electron chi connectivity index (χ2n) is 0.933. The Kier molecular flexibility index (Phi) is 3.53. The fraction of sp³-hybridized carbons (Fsp3) is 1.00. The summed E-state index contributed by atoms with van der Waals surface area (Å²) < 4.78 is 27.8. The lowest BCUT2D eigenvalue weighted by Crippen LogP contribution is -2.02. The summed E-state index contributed by atoms with van der Waals surface area (Å²) >= 11 is 0. The Labute approximate surface area is 63.8 Å². The first-order chi connectivity index (χ1) is 5.21. The van der Waals surface area contributed by atoms with Crippen LogP contribution in [-0.2, 0) is 0 Å². The van der Waals surface area contributed by atoms with Gasteiger partial charge in [-0.15, -0.1) is 0 Å². The third-order valence-corrected chi connectivity index (χ3v) is 2.31. The first kappa shape index (κ1) is 3.71. The van der Waals surface area contributed by atoms with E-state index in [1.54, 1.807) is 0 Å². The highest BCUT2D eigenvalue weighted by atomic mass is 33.1. The highest BCUT2D eigenvalue weighted by molar-refractivity contribution is 8.76. The van der Waals surface area contributed by atoms with Crippen LogP contribution >= 0.6 is 21.6 Å². The van der Waals surface area contributed by atoms with Crippen LogP contribution < -0.4 is 11.5 Å². The summed E-state index contributed by atoms with van der Waals surface area (Å²) in [7, 11) is 2.37. The molecule has 0 aromatic carbocycles. The molecule has 0 aliphatic heterocycles. The molecule has 0 heterocycles. The fourth-order valence-electron chi connectivity index (χ4n) is 0.151. The van der Waals surface area contributed by atoms with E-state index in [4.69, 9.17) is 17.0 Å². The first-order valence-electron chi connectivity index (χ1n) is 4.03. The van der Waals surface area contributed by atoms with Crippen LogP contribution in [0.3, 0.4) is 0 Å². The summed E-state index contributed by atoms with van der Waals surface area (Å²) in [6.45, 7) is -3.39. The van der Waals surface area contributed by atoms with Crippen LogP contribution in [-0.4, -0.2) is 24.5 Å². The molecule has 4 N–H and O–H groups in total. The van der Waals surface area contributed by atoms with E-state index in [1.807, 2.05) is 0 Å². The second-order valence-corrected chi connectivity index (χ2v) is 3.40. The Balaban J connectivity index is 3.35. The Hall–Kier alpha value is 0.620. The van der Waals surface area contributed by atoms with Crippen LogP contribution in [0.2, 0.25) is 0 Å². The maximum absolute atomic E-state index is 6.95. The van der Waals surface area contributed by atoms with Crippen molar-refractivity contribution in [3.63, 3.8) is 0 Å². The van der Waals surface area contributed by atoms with Crippen molar-refractivity contribution in [3.05, 3.63) is 0 Å². The van der Waals surface area contributed by atoms with E-state index in [-0.39, 0.29) is 11.5 Å². The monoisotopic (exact) mass is 156 g/mol. The van der Waals surface area contributed by atoms with E-state index in [2.05, 4.69) is 0 Å². The van der Waals surface area contributed by atoms with E-state index >= 15 is 0 Å². The zero-order valence-electron chi connectivity index (χ0n) is 8.39. The molecule has 0 bridgehead atoms. The Bertz CT molecular complexity index is 116. The summed E-state index contributed by atoms with van der Waals surface area (Å²) in [5.74, 6) is 0.265. The Morgan fingerprint density at radius 3 is 1.75 bits per heavy atom. The van der Waals surface area contributed by atoms with E-state index in [0.717, 1.165) is 0 Å². The molecular formula is C4H12N2S2. The molecule has 0 fully saturated rings. The average Bonchev–Trinajstić information content (AvgIpc) is 1.76. The minimum Gasteiger partial charge on any atom is -0.330 e. The molecule has 0 spiro atoms. The topological polar surface area (TPSA) is 52.0 Å². The Morgan fingerprint density at radius 2 is 1.50 bits per heavy atom. The molecule has 0 aromatic heterocycles. The van der Waals surface area contributed by atoms with Crippen LogP contribution in [0.25, 0.3) is 0 Å². The maximum atomic E-state index is 6.95. The zero-order chi connectivity index (χ0) is 9.83. The van der Waals surface area contributed by atoms with Gasteiger partial charge in [0, 0.05) is 30.0 Å². The van der Waals surface area contributed by atoms with Gasteiger partial charge in [0.2, 0.25) is 0 Å². The van der Waals surface area contributed by atoms with E-state index in [1.165, 1.54) is 21.6 Å². The van der Waals surface area contributed by atoms with Crippen molar-refractivity contribution >= 4 is 21.6 Å². The standard InChI is InChI=1S/C4H12N2S2/c5-1-3-7-8-4-2-6/h1-6H2/i1D2,2D2. The molecule has 0 saturated carbocycles. The third-order valence-electron chi connectivity index (χ3n) is 0.368. The Morgan fingerprint density at radius 1 is 1.12 bits per heavy atom. The van der Waals surface area contributed by atoms with E-state index < -0.39 is 13.0 Å². The van der Waals surface area contributed by atoms with E-state index in [9.17, 15) is 0 Å². The molecule has 0 aliphatic carbocycles. The lowest BCUT2D eigenvalue weighted by molar-refractivity contribution is 1.15. The average molecular weight is 156 g/mol. The van der Waals surface area contributed by atoms with Crippen molar-refractivity contribution in [1.29, 1.82) is 0 Å². The number of nitrogens with two attached hydrogens (primary N) is 2. The van der Waals surface area contributed by atoms with Crippen molar-refractivity contribution in [3.8, 4) is 0 Å². The molecule has 0 saturated heterocycles. The third kappa shape index (κ3) is 6.62. The predicted molar refractivity (Wildman–Crippen MR) is 43.0 cm³/mol. The molecule has 50 valence electrons. The molecule has 8 heavy (non-hydrogen) atoms. The molecule has 0 amide bonds. The number of rotatable bonds is 5. The fourth-order valence-corrected chi connectivity index (χ4v) is 1.36. The van der Waals surface area contributed by atoms with Gasteiger partial charge in [-0.3, -0.25) is 0 Å². The highest BCUT2D eigenvalue weighted by Crippen LogP contribution is 2.18. The van der Waals surface area contributed by atoms with Gasteiger partial charge in [0.05, 0.1) is 0 Å². The van der Waals surface area contributed by atoms with Gasteiger partial charge >= 0.3 is 0 Å². The molecule has 0 radical (unpaired) electrons. The van der Waals surface area contributed by atoms with Gasteiger partial charge in [0.25, 0.3) is 0 Å². The van der Waals surface area contributed by atoms with Crippen LogP contribution in [0.1, 0.15) is 5.48 Å². The lowest BCUT2D eigenvalue weighted by Gasteiger charge is -1.93. The van der Waals surface area contributed by atoms with Gasteiger partial charge in [-0.2, -0.15) is 0 Å². The molecule has 0 atom stereocenters. The van der Waals surface area contributed by atoms with Gasteiger partial charge in [0.15, 0.2) is 0 Å². The second kappa shape index (κ2) is 7.62. The predicted octanol–water partition coefficient (Wildman–Crippen LogP) is 0.285. The minimum absolute atomic E-state index is 0.133. The SMILES string of the molecule is [2H]C([2H])(N)CSSCC([2H])([2H])N. The quantitative estimate of drug-likeness (QED) is 0.443. The molecule has 2 nitrogen and oxygen atoms in total. The molecule has 0 unspecified atom stereocenters. The molecule has 0 aliphatic rings. The van der Waals surface area contributed by atoms with Crippen LogP contribution in [0.5, 0.6) is 0 Å².